The highest BCUT2D eigenvalue weighted by molar-refractivity contribution is 8.00. The molecular formula is C21H22ClNOS2. The molecule has 0 bridgehead atoms. The number of hydrogen-bond acceptors (Lipinski definition) is 4. The van der Waals surface area contributed by atoms with Gasteiger partial charge >= 0.3 is 0 Å². The van der Waals surface area contributed by atoms with Crippen LogP contribution in [0.2, 0.25) is 5.02 Å². The standard InChI is InChI=1S/C21H22ClNOS2/c1-23(2)8-9-24-12-17-7-6-14-4-3-5-18-19(21(14)26-17)11-15-10-16(22)13-25-20(15)18/h3-7,10-11,13,17,21H,8-9,12H2,1-2H3. The van der Waals surface area contributed by atoms with Crippen LogP contribution in [-0.2, 0) is 4.74 Å². The molecule has 0 aromatic rings. The van der Waals surface area contributed by atoms with Crippen LogP contribution < -0.4 is 0 Å². The van der Waals surface area contributed by atoms with Crippen molar-refractivity contribution in [2.45, 2.75) is 10.5 Å². The SMILES string of the molecule is CN(C)CCOCC1C=CC2=CC=Cc3c(cc4cc(Cl)csc3-4)C2S1. The van der Waals surface area contributed by atoms with Crippen molar-refractivity contribution in [2.75, 3.05) is 33.9 Å². The summed E-state index contributed by atoms with van der Waals surface area (Å²) in [4.78, 5) is 3.47. The largest absolute Gasteiger partial charge is 0.379 e. The van der Waals surface area contributed by atoms with Crippen molar-refractivity contribution in [3.8, 4) is 10.4 Å². The number of thioether (sulfide) groups is 1. The summed E-state index contributed by atoms with van der Waals surface area (Å²) in [5, 5.41) is 3.57. The normalized spacial score (nSPS) is 21.6. The first-order valence-electron chi connectivity index (χ1n) is 8.77. The molecular weight excluding hydrogens is 382 g/mol. The summed E-state index contributed by atoms with van der Waals surface area (Å²) >= 11 is 9.93. The first-order valence-corrected chi connectivity index (χ1v) is 11.0. The van der Waals surface area contributed by atoms with Crippen LogP contribution in [0.5, 0.6) is 0 Å². The van der Waals surface area contributed by atoms with Gasteiger partial charge in [-0.25, -0.2) is 0 Å². The second-order valence-electron chi connectivity index (χ2n) is 6.88. The molecule has 2 heterocycles. The van der Waals surface area contributed by atoms with Gasteiger partial charge in [-0.1, -0.05) is 42.0 Å². The zero-order valence-electron chi connectivity index (χ0n) is 14.9. The molecule has 0 amide bonds. The predicted molar refractivity (Wildman–Crippen MR) is 116 cm³/mol. The number of hydrogen-bond donors (Lipinski definition) is 0. The fraction of sp³-hybridized carbons (Fsp3) is 0.333. The van der Waals surface area contributed by atoms with Crippen LogP contribution in [0.25, 0.3) is 16.5 Å². The molecule has 5 heteroatoms. The summed E-state index contributed by atoms with van der Waals surface area (Å²) < 4.78 is 5.89. The molecule has 0 saturated carbocycles. The maximum absolute atomic E-state index is 6.21. The third kappa shape index (κ3) is 3.80. The van der Waals surface area contributed by atoms with E-state index in [1.807, 2.05) is 17.1 Å². The predicted octanol–water partition coefficient (Wildman–Crippen LogP) is 5.75. The van der Waals surface area contributed by atoms with Crippen LogP contribution in [0.3, 0.4) is 0 Å². The number of allylic oxidation sites excluding steroid dienone is 3. The van der Waals surface area contributed by atoms with Crippen LogP contribution in [0.1, 0.15) is 16.4 Å². The third-order valence-electron chi connectivity index (χ3n) is 4.63. The highest BCUT2D eigenvalue weighted by Crippen LogP contribution is 2.50. The van der Waals surface area contributed by atoms with E-state index < -0.39 is 0 Å². The Morgan fingerprint density at radius 3 is 2.96 bits per heavy atom. The molecule has 136 valence electrons. The smallest absolute Gasteiger partial charge is 0.0621 e. The second kappa shape index (κ2) is 7.91. The quantitative estimate of drug-likeness (QED) is 0.589. The molecule has 0 aromatic heterocycles. The molecule has 2 unspecified atom stereocenters. The Labute approximate surface area is 168 Å². The number of ether oxygens (including phenoxy) is 1. The van der Waals surface area contributed by atoms with Crippen LogP contribution in [0.15, 0.2) is 47.4 Å². The van der Waals surface area contributed by atoms with Crippen LogP contribution >= 0.6 is 34.7 Å². The van der Waals surface area contributed by atoms with Crippen molar-refractivity contribution in [1.29, 1.82) is 0 Å². The van der Waals surface area contributed by atoms with Gasteiger partial charge in [0, 0.05) is 22.1 Å². The molecule has 0 aromatic carbocycles. The van der Waals surface area contributed by atoms with E-state index >= 15 is 0 Å². The first kappa shape index (κ1) is 18.3. The molecule has 4 aliphatic rings. The van der Waals surface area contributed by atoms with Crippen LogP contribution in [0, 0.1) is 0 Å². The van der Waals surface area contributed by atoms with E-state index in [-0.39, 0.29) is 0 Å². The zero-order chi connectivity index (χ0) is 18.1. The summed E-state index contributed by atoms with van der Waals surface area (Å²) in [5.74, 6) is 0. The van der Waals surface area contributed by atoms with Crippen molar-refractivity contribution in [3.63, 3.8) is 0 Å². The van der Waals surface area contributed by atoms with Gasteiger partial charge in [0.1, 0.15) is 0 Å². The number of halogens is 1. The van der Waals surface area contributed by atoms with E-state index in [0.29, 0.717) is 10.5 Å². The maximum Gasteiger partial charge on any atom is 0.0621 e. The van der Waals surface area contributed by atoms with E-state index in [1.54, 1.807) is 11.3 Å². The lowest BCUT2D eigenvalue weighted by Crippen LogP contribution is -2.21. The minimum absolute atomic E-state index is 0.353. The monoisotopic (exact) mass is 403 g/mol. The Bertz CT molecular complexity index is 852. The molecule has 2 nitrogen and oxygen atoms in total. The van der Waals surface area contributed by atoms with E-state index in [4.69, 9.17) is 16.3 Å². The molecule has 26 heavy (non-hydrogen) atoms. The maximum atomic E-state index is 6.21. The van der Waals surface area contributed by atoms with Crippen molar-refractivity contribution in [3.05, 3.63) is 63.5 Å². The van der Waals surface area contributed by atoms with Crippen molar-refractivity contribution >= 4 is 40.8 Å². The zero-order valence-corrected chi connectivity index (χ0v) is 17.3. The van der Waals surface area contributed by atoms with E-state index in [9.17, 15) is 0 Å². The molecule has 0 saturated heterocycles. The third-order valence-corrected chi connectivity index (χ3v) is 7.48. The van der Waals surface area contributed by atoms with E-state index in [1.165, 1.54) is 27.1 Å². The Hall–Kier alpha value is -1.04. The molecule has 2 aliphatic heterocycles. The van der Waals surface area contributed by atoms with Gasteiger partial charge in [0.05, 0.1) is 23.5 Å². The Balaban J connectivity index is 1.57. The molecule has 0 spiro atoms. The molecule has 0 fully saturated rings. The summed E-state index contributed by atoms with van der Waals surface area (Å²) in [6.45, 7) is 2.49. The number of nitrogens with zero attached hydrogens (tertiary/aromatic N) is 1. The van der Waals surface area contributed by atoms with Gasteiger partial charge in [-0.05, 0) is 48.5 Å². The van der Waals surface area contributed by atoms with Gasteiger partial charge in [-0.2, -0.15) is 0 Å². The van der Waals surface area contributed by atoms with Gasteiger partial charge in [0.15, 0.2) is 0 Å². The topological polar surface area (TPSA) is 12.5 Å². The summed E-state index contributed by atoms with van der Waals surface area (Å²) in [7, 11) is 4.14. The average Bonchev–Trinajstić information content (AvgIpc) is 2.87. The van der Waals surface area contributed by atoms with Gasteiger partial charge in [0.25, 0.3) is 0 Å². The molecule has 0 radical (unpaired) electrons. The van der Waals surface area contributed by atoms with Gasteiger partial charge in [-0.15, -0.1) is 23.1 Å². The summed E-state index contributed by atoms with van der Waals surface area (Å²) in [5.41, 5.74) is 5.34. The van der Waals surface area contributed by atoms with Crippen molar-refractivity contribution < 1.29 is 4.74 Å². The number of fused-ring (bicyclic) bond motifs is 5. The Kier molecular flexibility index (Phi) is 5.58. The first-order chi connectivity index (χ1) is 12.6. The molecule has 2 atom stereocenters. The van der Waals surface area contributed by atoms with E-state index in [0.717, 1.165) is 24.8 Å². The minimum atomic E-state index is 0.353. The molecule has 0 N–H and O–H groups in total. The van der Waals surface area contributed by atoms with Gasteiger partial charge < -0.3 is 9.64 Å². The number of likely N-dealkylation sites (N-methyl/N-ethyl adjacent to an activating group) is 1. The summed E-state index contributed by atoms with van der Waals surface area (Å²) in [6, 6.07) is 4.39. The van der Waals surface area contributed by atoms with Gasteiger partial charge in [0.2, 0.25) is 0 Å². The average molecular weight is 404 g/mol. The van der Waals surface area contributed by atoms with Gasteiger partial charge in [-0.3, -0.25) is 0 Å². The lowest BCUT2D eigenvalue weighted by atomic mass is 10.0. The fourth-order valence-electron chi connectivity index (χ4n) is 3.32. The fourth-order valence-corrected chi connectivity index (χ4v) is 5.79. The highest BCUT2D eigenvalue weighted by atomic mass is 35.5. The molecule has 4 rings (SSSR count). The summed E-state index contributed by atoms with van der Waals surface area (Å²) in [6.07, 6.45) is 11.2. The number of rotatable bonds is 5. The lowest BCUT2D eigenvalue weighted by Gasteiger charge is -2.26. The van der Waals surface area contributed by atoms with Crippen molar-refractivity contribution in [2.24, 2.45) is 0 Å². The second-order valence-corrected chi connectivity index (χ2v) is 9.55. The van der Waals surface area contributed by atoms with Crippen LogP contribution in [-0.4, -0.2) is 44.0 Å². The van der Waals surface area contributed by atoms with Crippen molar-refractivity contribution in [1.82, 2.24) is 4.90 Å². The lowest BCUT2D eigenvalue weighted by molar-refractivity contribution is 0.124. The Morgan fingerprint density at radius 1 is 1.23 bits per heavy atom. The highest BCUT2D eigenvalue weighted by Gasteiger charge is 2.29. The van der Waals surface area contributed by atoms with E-state index in [2.05, 4.69) is 61.5 Å². The Morgan fingerprint density at radius 2 is 2.12 bits per heavy atom. The van der Waals surface area contributed by atoms with Crippen LogP contribution in [0.4, 0.5) is 0 Å². The molecule has 2 aliphatic carbocycles. The minimum Gasteiger partial charge on any atom is -0.379 e.